The summed E-state index contributed by atoms with van der Waals surface area (Å²) in [5.74, 6) is 1.68. The van der Waals surface area contributed by atoms with E-state index in [1.807, 2.05) is 13.8 Å². The minimum atomic E-state index is 0.803. The van der Waals surface area contributed by atoms with Crippen LogP contribution in [0.5, 0.6) is 0 Å². The third-order valence-corrected chi connectivity index (χ3v) is 0.709. The first-order valence-electron chi connectivity index (χ1n) is 2.14. The van der Waals surface area contributed by atoms with Gasteiger partial charge in [0.25, 0.3) is 5.84 Å². The minimum Gasteiger partial charge on any atom is -0.148 e. The summed E-state index contributed by atoms with van der Waals surface area (Å²) in [7, 11) is 0. The van der Waals surface area contributed by atoms with E-state index in [2.05, 4.69) is 15.5 Å². The molecule has 37 valence electrons. The maximum atomic E-state index is 3.94. The maximum absolute atomic E-state index is 3.94. The maximum Gasteiger partial charge on any atom is 0.363 e. The van der Waals surface area contributed by atoms with Gasteiger partial charge >= 0.3 is 5.84 Å². The summed E-state index contributed by atoms with van der Waals surface area (Å²) in [5, 5.41) is 3.78. The molecule has 0 amide bonds. The van der Waals surface area contributed by atoms with Crippen LogP contribution in [0.2, 0.25) is 0 Å². The molecular formula is C4H7N3+. The molecule has 0 atom stereocenters. The van der Waals surface area contributed by atoms with Crippen molar-refractivity contribution in [2.45, 2.75) is 13.8 Å². The molecule has 0 bridgehead atoms. The Kier molecular flexibility index (Phi) is 0.817. The zero-order chi connectivity index (χ0) is 5.28. The van der Waals surface area contributed by atoms with Gasteiger partial charge in [0.05, 0.1) is 5.10 Å². The van der Waals surface area contributed by atoms with Crippen LogP contribution in [0.3, 0.4) is 0 Å². The van der Waals surface area contributed by atoms with Crippen molar-refractivity contribution in [1.29, 1.82) is 0 Å². The molecule has 0 saturated carbocycles. The van der Waals surface area contributed by atoms with Gasteiger partial charge in [0.2, 0.25) is 0 Å². The number of hydrogen-bond donors (Lipinski definition) is 1. The van der Waals surface area contributed by atoms with Gasteiger partial charge in [0, 0.05) is 13.8 Å². The average Bonchev–Trinajstić information content (AvgIpc) is 1.87. The van der Waals surface area contributed by atoms with Crippen LogP contribution in [0.15, 0.2) is 4.99 Å². The van der Waals surface area contributed by atoms with Crippen LogP contribution in [0.4, 0.5) is 0 Å². The van der Waals surface area contributed by atoms with Crippen LogP contribution >= 0.6 is 0 Å². The molecule has 1 heterocycles. The molecule has 1 aliphatic heterocycles. The Bertz CT molecular complexity index is 134. The summed E-state index contributed by atoms with van der Waals surface area (Å²) in [6.45, 7) is 3.73. The van der Waals surface area contributed by atoms with Gasteiger partial charge < -0.3 is 0 Å². The number of nitrogens with one attached hydrogen (secondary N) is 1. The number of nitrogens with zero attached hydrogens (tertiary/aromatic N) is 2. The Balaban J connectivity index is 2.69. The highest BCUT2D eigenvalue weighted by atomic mass is 15.4. The molecule has 0 aromatic heterocycles. The lowest BCUT2D eigenvalue weighted by molar-refractivity contribution is 0.934. The van der Waals surface area contributed by atoms with Crippen LogP contribution in [0, 0.1) is 0 Å². The summed E-state index contributed by atoms with van der Waals surface area (Å²) < 4.78 is 0. The van der Waals surface area contributed by atoms with Crippen LogP contribution in [0.1, 0.15) is 13.8 Å². The first-order chi connectivity index (χ1) is 3.29. The van der Waals surface area contributed by atoms with E-state index in [-0.39, 0.29) is 0 Å². The highest BCUT2D eigenvalue weighted by Gasteiger charge is 2.11. The van der Waals surface area contributed by atoms with Gasteiger partial charge in [-0.3, -0.25) is 0 Å². The van der Waals surface area contributed by atoms with Crippen molar-refractivity contribution in [1.82, 2.24) is 10.5 Å². The summed E-state index contributed by atoms with van der Waals surface area (Å²) in [4.78, 5) is 3.94. The number of hydrogen-bond acceptors (Lipinski definition) is 3. The van der Waals surface area contributed by atoms with Gasteiger partial charge in [-0.25, -0.2) is 0 Å². The lowest BCUT2D eigenvalue weighted by atomic mass is 10.7. The summed E-state index contributed by atoms with van der Waals surface area (Å²) in [5.41, 5.74) is 2.71. The minimum absolute atomic E-state index is 0.803. The molecule has 0 spiro atoms. The zero-order valence-electron chi connectivity index (χ0n) is 4.39. The second kappa shape index (κ2) is 1.33. The quantitative estimate of drug-likeness (QED) is 0.442. The Morgan fingerprint density at radius 1 is 1.57 bits per heavy atom. The third-order valence-electron chi connectivity index (χ3n) is 0.709. The Hall–Kier alpha value is -0.860. The summed E-state index contributed by atoms with van der Waals surface area (Å²) in [6.07, 6.45) is 0. The molecule has 3 heteroatoms. The van der Waals surface area contributed by atoms with Gasteiger partial charge in [0.15, 0.2) is 0 Å². The topological polar surface area (TPSA) is 38.5 Å². The van der Waals surface area contributed by atoms with Crippen LogP contribution in [0.25, 0.3) is 0 Å². The van der Waals surface area contributed by atoms with Crippen molar-refractivity contribution in [3.8, 4) is 0 Å². The fourth-order valence-corrected chi connectivity index (χ4v) is 0.455. The molecule has 7 heavy (non-hydrogen) atoms. The van der Waals surface area contributed by atoms with Crippen LogP contribution in [-0.2, 0) is 0 Å². The van der Waals surface area contributed by atoms with E-state index in [1.165, 1.54) is 0 Å². The lowest BCUT2D eigenvalue weighted by Crippen LogP contribution is -2.16. The number of hydrazone groups is 1. The molecule has 0 fully saturated rings. The van der Waals surface area contributed by atoms with Crippen molar-refractivity contribution >= 4 is 11.7 Å². The van der Waals surface area contributed by atoms with Gasteiger partial charge in [-0.05, 0) is 4.99 Å². The molecule has 1 radical (unpaired) electrons. The first-order valence-corrected chi connectivity index (χ1v) is 2.14. The molecule has 0 unspecified atom stereocenters. The number of rotatable bonds is 0. The van der Waals surface area contributed by atoms with Gasteiger partial charge in [0.1, 0.15) is 0 Å². The molecule has 1 rings (SSSR count). The smallest absolute Gasteiger partial charge is 0.148 e. The molecular weight excluding hydrogens is 90.1 g/mol. The highest BCUT2D eigenvalue weighted by Crippen LogP contribution is 1.78. The fourth-order valence-electron chi connectivity index (χ4n) is 0.455. The SMILES string of the molecule is CC1=NC(C)=[N+]N1. The fraction of sp³-hybridized carbons (Fsp3) is 0.500. The molecule has 3 nitrogen and oxygen atoms in total. The second-order valence-electron chi connectivity index (χ2n) is 1.47. The average molecular weight is 97.1 g/mol. The van der Waals surface area contributed by atoms with E-state index < -0.39 is 0 Å². The number of aliphatic imine (C=N–C) groups is 1. The number of amidine groups is 2. The monoisotopic (exact) mass is 97.1 g/mol. The van der Waals surface area contributed by atoms with Crippen molar-refractivity contribution < 1.29 is 0 Å². The largest absolute Gasteiger partial charge is 0.363 e. The van der Waals surface area contributed by atoms with Crippen molar-refractivity contribution in [3.05, 3.63) is 0 Å². The molecule has 1 aliphatic rings. The molecule has 0 aromatic carbocycles. The van der Waals surface area contributed by atoms with Gasteiger partial charge in [-0.1, -0.05) is 0 Å². The van der Waals surface area contributed by atoms with Crippen molar-refractivity contribution in [2.75, 3.05) is 0 Å². The van der Waals surface area contributed by atoms with E-state index in [9.17, 15) is 0 Å². The van der Waals surface area contributed by atoms with E-state index in [1.54, 1.807) is 0 Å². The Morgan fingerprint density at radius 2 is 2.29 bits per heavy atom. The Morgan fingerprint density at radius 3 is 2.43 bits per heavy atom. The summed E-state index contributed by atoms with van der Waals surface area (Å²) >= 11 is 0. The second-order valence-corrected chi connectivity index (χ2v) is 1.47. The lowest BCUT2D eigenvalue weighted by Gasteiger charge is -1.68. The van der Waals surface area contributed by atoms with Crippen molar-refractivity contribution in [2.24, 2.45) is 4.99 Å². The highest BCUT2D eigenvalue weighted by molar-refractivity contribution is 5.97. The van der Waals surface area contributed by atoms with Gasteiger partial charge in [-0.2, -0.15) is 0 Å². The van der Waals surface area contributed by atoms with E-state index in [0.29, 0.717) is 0 Å². The van der Waals surface area contributed by atoms with Crippen LogP contribution in [-0.4, -0.2) is 11.7 Å². The van der Waals surface area contributed by atoms with E-state index >= 15 is 0 Å². The van der Waals surface area contributed by atoms with E-state index in [4.69, 9.17) is 0 Å². The molecule has 0 saturated heterocycles. The standard InChI is InChI=1S/C4H7N3/c1-3-5-4(2)7-6-3/h1-2H3,(H,5,6)/q+1. The molecule has 1 N–H and O–H groups in total. The van der Waals surface area contributed by atoms with Crippen molar-refractivity contribution in [3.63, 3.8) is 0 Å². The molecule has 0 aliphatic carbocycles. The zero-order valence-corrected chi connectivity index (χ0v) is 4.39. The predicted octanol–water partition coefficient (Wildman–Crippen LogP) is -0.323. The first kappa shape index (κ1) is 4.30. The molecule has 0 aromatic rings. The normalized spacial score (nSPS) is 18.0. The van der Waals surface area contributed by atoms with Gasteiger partial charge in [-0.15, -0.1) is 5.43 Å². The third kappa shape index (κ3) is 0.765. The summed E-state index contributed by atoms with van der Waals surface area (Å²) in [6, 6.07) is 0. The predicted molar refractivity (Wildman–Crippen MR) is 29.1 cm³/mol. The Labute approximate surface area is 42.1 Å². The van der Waals surface area contributed by atoms with E-state index in [0.717, 1.165) is 11.7 Å². The van der Waals surface area contributed by atoms with Crippen LogP contribution < -0.4 is 10.5 Å².